The van der Waals surface area contributed by atoms with Gasteiger partial charge >= 0.3 is 0 Å². The van der Waals surface area contributed by atoms with E-state index in [1.807, 2.05) is 24.3 Å². The van der Waals surface area contributed by atoms with Gasteiger partial charge in [-0.25, -0.2) is 0 Å². The van der Waals surface area contributed by atoms with Gasteiger partial charge in [-0.05, 0) is 36.9 Å². The number of thiophene rings is 1. The largest absolute Gasteiger partial charge is 0.387 e. The van der Waals surface area contributed by atoms with Crippen LogP contribution in [0.5, 0.6) is 0 Å². The molecule has 1 aliphatic heterocycles. The van der Waals surface area contributed by atoms with E-state index in [4.69, 9.17) is 11.6 Å². The van der Waals surface area contributed by atoms with E-state index in [1.165, 1.54) is 17.7 Å². The fourth-order valence-electron chi connectivity index (χ4n) is 2.91. The highest BCUT2D eigenvalue weighted by molar-refractivity contribution is 7.10. The van der Waals surface area contributed by atoms with Gasteiger partial charge in [0.25, 0.3) is 0 Å². The second-order valence-corrected chi connectivity index (χ2v) is 6.59. The highest BCUT2D eigenvalue weighted by Crippen LogP contribution is 2.36. The summed E-state index contributed by atoms with van der Waals surface area (Å²) < 4.78 is 0. The summed E-state index contributed by atoms with van der Waals surface area (Å²) in [6.45, 7) is 1.69. The number of rotatable bonds is 4. The number of hydrogen-bond donors (Lipinski definition) is 1. The van der Waals surface area contributed by atoms with Crippen molar-refractivity contribution in [2.24, 2.45) is 0 Å². The molecule has 0 amide bonds. The molecule has 1 saturated heterocycles. The van der Waals surface area contributed by atoms with Crippen molar-refractivity contribution in [3.63, 3.8) is 0 Å². The average molecular weight is 308 g/mol. The molecule has 1 N–H and O–H groups in total. The van der Waals surface area contributed by atoms with Crippen molar-refractivity contribution in [1.82, 2.24) is 4.90 Å². The van der Waals surface area contributed by atoms with Crippen LogP contribution in [-0.2, 0) is 0 Å². The van der Waals surface area contributed by atoms with Gasteiger partial charge in [0, 0.05) is 28.0 Å². The van der Waals surface area contributed by atoms with Crippen LogP contribution in [-0.4, -0.2) is 23.1 Å². The molecule has 20 heavy (non-hydrogen) atoms. The lowest BCUT2D eigenvalue weighted by atomic mass is 10.1. The molecule has 2 nitrogen and oxygen atoms in total. The minimum Gasteiger partial charge on any atom is -0.387 e. The van der Waals surface area contributed by atoms with Crippen molar-refractivity contribution in [3.8, 4) is 0 Å². The fraction of sp³-hybridized carbons (Fsp3) is 0.375. The lowest BCUT2D eigenvalue weighted by Crippen LogP contribution is -2.28. The Balaban J connectivity index is 1.72. The van der Waals surface area contributed by atoms with Crippen LogP contribution < -0.4 is 0 Å². The Kier molecular flexibility index (Phi) is 4.41. The minimum absolute atomic E-state index is 0.451. The molecule has 1 aromatic heterocycles. The average Bonchev–Trinajstić information content (AvgIpc) is 3.09. The molecule has 2 atom stereocenters. The molecule has 2 heterocycles. The number of hydrogen-bond acceptors (Lipinski definition) is 3. The zero-order chi connectivity index (χ0) is 13.9. The van der Waals surface area contributed by atoms with Crippen LogP contribution in [0.25, 0.3) is 0 Å². The molecule has 2 aromatic rings. The van der Waals surface area contributed by atoms with Gasteiger partial charge in [0.1, 0.15) is 0 Å². The van der Waals surface area contributed by atoms with E-state index in [1.54, 1.807) is 11.3 Å². The molecule has 1 aromatic carbocycles. The van der Waals surface area contributed by atoms with Gasteiger partial charge in [-0.3, -0.25) is 4.90 Å². The zero-order valence-electron chi connectivity index (χ0n) is 11.2. The molecule has 1 fully saturated rings. The van der Waals surface area contributed by atoms with Crippen LogP contribution in [0.2, 0.25) is 5.02 Å². The second-order valence-electron chi connectivity index (χ2n) is 5.21. The number of benzene rings is 1. The van der Waals surface area contributed by atoms with E-state index in [0.717, 1.165) is 12.1 Å². The molecule has 0 unspecified atom stereocenters. The number of halogens is 1. The Bertz CT molecular complexity index is 557. The fourth-order valence-corrected chi connectivity index (χ4v) is 4.07. The van der Waals surface area contributed by atoms with Crippen molar-refractivity contribution in [2.45, 2.75) is 25.0 Å². The summed E-state index contributed by atoms with van der Waals surface area (Å²) in [4.78, 5) is 3.77. The van der Waals surface area contributed by atoms with Gasteiger partial charge in [-0.2, -0.15) is 0 Å². The molecule has 0 radical (unpaired) electrons. The van der Waals surface area contributed by atoms with Crippen molar-refractivity contribution >= 4 is 22.9 Å². The molecular formula is C16H18ClNOS. The number of aliphatic hydroxyl groups excluding tert-OH is 1. The summed E-state index contributed by atoms with van der Waals surface area (Å²) in [6.07, 6.45) is 1.84. The summed E-state index contributed by atoms with van der Waals surface area (Å²) in [5.41, 5.74) is 0.825. The van der Waals surface area contributed by atoms with Crippen LogP contribution in [0.1, 0.15) is 35.4 Å². The summed E-state index contributed by atoms with van der Waals surface area (Å²) in [5, 5.41) is 13.2. The molecule has 4 heteroatoms. The first-order valence-electron chi connectivity index (χ1n) is 6.95. The summed E-state index contributed by atoms with van der Waals surface area (Å²) in [6, 6.07) is 12.3. The number of likely N-dealkylation sites (tertiary alicyclic amines) is 1. The van der Waals surface area contributed by atoms with Crippen molar-refractivity contribution in [2.75, 3.05) is 13.1 Å². The molecule has 0 bridgehead atoms. The molecule has 3 rings (SSSR count). The molecule has 106 valence electrons. The third-order valence-corrected chi connectivity index (χ3v) is 5.22. The lowest BCUT2D eigenvalue weighted by Gasteiger charge is -2.26. The van der Waals surface area contributed by atoms with E-state index in [2.05, 4.69) is 22.4 Å². The van der Waals surface area contributed by atoms with E-state index in [-0.39, 0.29) is 0 Å². The highest BCUT2D eigenvalue weighted by atomic mass is 35.5. The van der Waals surface area contributed by atoms with E-state index >= 15 is 0 Å². The van der Waals surface area contributed by atoms with Gasteiger partial charge in [-0.1, -0.05) is 35.9 Å². The topological polar surface area (TPSA) is 23.5 Å². The van der Waals surface area contributed by atoms with E-state index < -0.39 is 6.10 Å². The van der Waals surface area contributed by atoms with Gasteiger partial charge < -0.3 is 5.11 Å². The third kappa shape index (κ3) is 2.91. The monoisotopic (exact) mass is 307 g/mol. The summed E-state index contributed by atoms with van der Waals surface area (Å²) in [7, 11) is 0. The van der Waals surface area contributed by atoms with E-state index in [0.29, 0.717) is 17.6 Å². The van der Waals surface area contributed by atoms with Crippen LogP contribution in [0.3, 0.4) is 0 Å². The Morgan fingerprint density at radius 2 is 2.15 bits per heavy atom. The maximum Gasteiger partial charge on any atom is 0.0931 e. The Labute approximate surface area is 128 Å². The lowest BCUT2D eigenvalue weighted by molar-refractivity contribution is 0.107. The standard InChI is InChI=1S/C16H18ClNOS/c17-13-6-2-1-5-12(13)15(19)11-18-9-3-7-14(18)16-8-4-10-20-16/h1-2,4-6,8,10,14-15,19H,3,7,9,11H2/t14-,15+/m1/s1. The minimum atomic E-state index is -0.524. The number of aliphatic hydroxyl groups is 1. The Morgan fingerprint density at radius 3 is 2.90 bits per heavy atom. The van der Waals surface area contributed by atoms with Crippen LogP contribution in [0.4, 0.5) is 0 Å². The molecule has 0 aliphatic carbocycles. The van der Waals surface area contributed by atoms with E-state index in [9.17, 15) is 5.11 Å². The number of β-amino-alcohol motifs (C(OH)–C–C–N with tert-alkyl or cyclic N) is 1. The predicted octanol–water partition coefficient (Wildman–Crippen LogP) is 4.27. The summed E-state index contributed by atoms with van der Waals surface area (Å²) >= 11 is 7.96. The summed E-state index contributed by atoms with van der Waals surface area (Å²) in [5.74, 6) is 0. The first kappa shape index (κ1) is 14.1. The SMILES string of the molecule is O[C@@H](CN1CCC[C@@H]1c1cccs1)c1ccccc1Cl. The van der Waals surface area contributed by atoms with Gasteiger partial charge in [0.15, 0.2) is 0 Å². The second kappa shape index (κ2) is 6.27. The quantitative estimate of drug-likeness (QED) is 0.911. The molecule has 0 spiro atoms. The maximum atomic E-state index is 10.5. The predicted molar refractivity (Wildman–Crippen MR) is 84.3 cm³/mol. The first-order valence-corrected chi connectivity index (χ1v) is 8.21. The Morgan fingerprint density at radius 1 is 1.30 bits per heavy atom. The first-order chi connectivity index (χ1) is 9.75. The van der Waals surface area contributed by atoms with Gasteiger partial charge in [0.05, 0.1) is 6.10 Å². The van der Waals surface area contributed by atoms with Crippen LogP contribution in [0.15, 0.2) is 41.8 Å². The zero-order valence-corrected chi connectivity index (χ0v) is 12.8. The molecular weight excluding hydrogens is 290 g/mol. The van der Waals surface area contributed by atoms with Crippen molar-refractivity contribution in [1.29, 1.82) is 0 Å². The highest BCUT2D eigenvalue weighted by Gasteiger charge is 2.28. The maximum absolute atomic E-state index is 10.5. The third-order valence-electron chi connectivity index (χ3n) is 3.91. The van der Waals surface area contributed by atoms with Gasteiger partial charge in [0.2, 0.25) is 0 Å². The van der Waals surface area contributed by atoms with Crippen LogP contribution in [0, 0.1) is 0 Å². The van der Waals surface area contributed by atoms with Gasteiger partial charge in [-0.15, -0.1) is 11.3 Å². The normalized spacial score (nSPS) is 21.2. The van der Waals surface area contributed by atoms with Crippen LogP contribution >= 0.6 is 22.9 Å². The Hall–Kier alpha value is -0.870. The van der Waals surface area contributed by atoms with Crippen molar-refractivity contribution < 1.29 is 5.11 Å². The molecule has 0 saturated carbocycles. The molecule has 1 aliphatic rings. The van der Waals surface area contributed by atoms with Crippen molar-refractivity contribution in [3.05, 3.63) is 57.2 Å². The smallest absolute Gasteiger partial charge is 0.0931 e. The number of nitrogens with zero attached hydrogens (tertiary/aromatic N) is 1.